The first-order valence-electron chi connectivity index (χ1n) is 5.50. The molecule has 90 valence electrons. The van der Waals surface area contributed by atoms with Gasteiger partial charge in [-0.25, -0.2) is 0 Å². The van der Waals surface area contributed by atoms with E-state index in [1.165, 1.54) is 0 Å². The molecule has 1 heterocycles. The van der Waals surface area contributed by atoms with E-state index in [4.69, 9.17) is 14.3 Å². The summed E-state index contributed by atoms with van der Waals surface area (Å²) in [5, 5.41) is 3.41. The molecule has 1 rings (SSSR count). The predicted octanol–water partition coefficient (Wildman–Crippen LogP) is -0.0790. The van der Waals surface area contributed by atoms with E-state index in [1.54, 1.807) is 7.11 Å². The molecule has 0 radical (unpaired) electrons. The highest BCUT2D eigenvalue weighted by Crippen LogP contribution is 2.02. The fourth-order valence-electron chi connectivity index (χ4n) is 1.57. The van der Waals surface area contributed by atoms with Crippen LogP contribution in [0.15, 0.2) is 0 Å². The maximum absolute atomic E-state index is 5.37. The van der Waals surface area contributed by atoms with Gasteiger partial charge in [-0.2, -0.15) is 5.48 Å². The maximum Gasteiger partial charge on any atom is 0.0915 e. The van der Waals surface area contributed by atoms with E-state index in [0.717, 1.165) is 26.2 Å². The molecule has 1 saturated heterocycles. The molecule has 0 saturated carbocycles. The van der Waals surface area contributed by atoms with Crippen molar-refractivity contribution in [3.05, 3.63) is 0 Å². The lowest BCUT2D eigenvalue weighted by atomic mass is 10.1. The van der Waals surface area contributed by atoms with Crippen molar-refractivity contribution in [2.45, 2.75) is 25.4 Å². The number of methoxy groups -OCH3 is 1. The molecule has 0 amide bonds. The average Bonchev–Trinajstić information content (AvgIpc) is 2.26. The first kappa shape index (κ1) is 12.9. The van der Waals surface area contributed by atoms with E-state index >= 15 is 0 Å². The molecule has 0 spiro atoms. The van der Waals surface area contributed by atoms with Crippen LogP contribution in [0, 0.1) is 0 Å². The number of morpholine rings is 1. The monoisotopic (exact) mass is 218 g/mol. The molecule has 0 aromatic rings. The third kappa shape index (κ3) is 6.06. The zero-order chi connectivity index (χ0) is 10.9. The molecular weight excluding hydrogens is 196 g/mol. The Morgan fingerprint density at radius 3 is 3.07 bits per heavy atom. The highest BCUT2D eigenvalue weighted by molar-refractivity contribution is 4.74. The molecule has 5 heteroatoms. The second-order valence-electron chi connectivity index (χ2n) is 3.82. The number of nitrogens with one attached hydrogen (secondary N) is 2. The lowest BCUT2D eigenvalue weighted by Crippen LogP contribution is -2.45. The summed E-state index contributed by atoms with van der Waals surface area (Å²) in [5.74, 6) is 0. The molecule has 2 N–H and O–H groups in total. The number of hydroxylamine groups is 1. The Kier molecular flexibility index (Phi) is 6.87. The second-order valence-corrected chi connectivity index (χ2v) is 3.82. The van der Waals surface area contributed by atoms with Gasteiger partial charge in [0.05, 0.1) is 26.4 Å². The van der Waals surface area contributed by atoms with Crippen LogP contribution in [0.25, 0.3) is 0 Å². The molecule has 0 aromatic carbocycles. The highest BCUT2D eigenvalue weighted by atomic mass is 16.7. The molecule has 15 heavy (non-hydrogen) atoms. The molecule has 1 aliphatic heterocycles. The summed E-state index contributed by atoms with van der Waals surface area (Å²) in [6, 6.07) is 0.758. The van der Waals surface area contributed by atoms with E-state index in [0.29, 0.717) is 25.3 Å². The van der Waals surface area contributed by atoms with Crippen LogP contribution >= 0.6 is 0 Å². The van der Waals surface area contributed by atoms with Crippen molar-refractivity contribution in [2.75, 3.05) is 40.1 Å². The van der Waals surface area contributed by atoms with Gasteiger partial charge in [0, 0.05) is 25.7 Å². The number of rotatable bonds is 7. The second kappa shape index (κ2) is 8.01. The van der Waals surface area contributed by atoms with Crippen LogP contribution in [0.1, 0.15) is 13.3 Å². The summed E-state index contributed by atoms with van der Waals surface area (Å²) in [6.07, 6.45) is 1.01. The maximum atomic E-state index is 5.37. The predicted molar refractivity (Wildman–Crippen MR) is 57.7 cm³/mol. The normalized spacial score (nSPS) is 24.0. The third-order valence-corrected chi connectivity index (χ3v) is 2.31. The molecule has 0 aliphatic carbocycles. The molecule has 2 atom stereocenters. The lowest BCUT2D eigenvalue weighted by molar-refractivity contribution is -0.0159. The van der Waals surface area contributed by atoms with Crippen LogP contribution in [0.5, 0.6) is 0 Å². The summed E-state index contributed by atoms with van der Waals surface area (Å²) in [7, 11) is 1.66. The van der Waals surface area contributed by atoms with Gasteiger partial charge in [0.25, 0.3) is 0 Å². The minimum Gasteiger partial charge on any atom is -0.382 e. The fraction of sp³-hybridized carbons (Fsp3) is 1.00. The number of ether oxygens (including phenoxy) is 2. The Labute approximate surface area is 91.4 Å². The van der Waals surface area contributed by atoms with Gasteiger partial charge >= 0.3 is 0 Å². The van der Waals surface area contributed by atoms with Crippen molar-refractivity contribution < 1.29 is 14.3 Å². The summed E-state index contributed by atoms with van der Waals surface area (Å²) in [4.78, 5) is 5.23. The van der Waals surface area contributed by atoms with Crippen molar-refractivity contribution in [2.24, 2.45) is 0 Å². The molecule has 0 aromatic heterocycles. The topological polar surface area (TPSA) is 51.8 Å². The first-order chi connectivity index (χ1) is 7.33. The van der Waals surface area contributed by atoms with Crippen LogP contribution in [-0.2, 0) is 14.3 Å². The van der Waals surface area contributed by atoms with Gasteiger partial charge < -0.3 is 14.8 Å². The molecule has 2 unspecified atom stereocenters. The van der Waals surface area contributed by atoms with Gasteiger partial charge in [-0.15, -0.1) is 0 Å². The van der Waals surface area contributed by atoms with E-state index in [9.17, 15) is 0 Å². The summed E-state index contributed by atoms with van der Waals surface area (Å²) in [5.41, 5.74) is 2.99. The van der Waals surface area contributed by atoms with Crippen LogP contribution in [0.2, 0.25) is 0 Å². The molecule has 5 nitrogen and oxygen atoms in total. The van der Waals surface area contributed by atoms with Gasteiger partial charge in [-0.05, 0) is 13.3 Å². The Bertz CT molecular complexity index is 152. The van der Waals surface area contributed by atoms with Gasteiger partial charge in [0.1, 0.15) is 0 Å². The summed E-state index contributed by atoms with van der Waals surface area (Å²) < 4.78 is 10.3. The van der Waals surface area contributed by atoms with Gasteiger partial charge in [0.15, 0.2) is 0 Å². The van der Waals surface area contributed by atoms with E-state index in [1.807, 2.05) is 0 Å². The van der Waals surface area contributed by atoms with Gasteiger partial charge in [-0.3, -0.25) is 4.84 Å². The summed E-state index contributed by atoms with van der Waals surface area (Å²) >= 11 is 0. The minimum atomic E-state index is 0.320. The van der Waals surface area contributed by atoms with Crippen LogP contribution in [-0.4, -0.2) is 52.2 Å². The molecule has 1 fully saturated rings. The standard InChI is InChI=1S/C10H22N2O3/c1-9(12-15-6-5-13-2)7-10-8-14-4-3-11-10/h9-12H,3-8H2,1-2H3. The Hall–Kier alpha value is -0.200. The molecular formula is C10H22N2O3. The fourth-order valence-corrected chi connectivity index (χ4v) is 1.57. The quantitative estimate of drug-likeness (QED) is 0.462. The van der Waals surface area contributed by atoms with Gasteiger partial charge in [0.2, 0.25) is 0 Å². The Morgan fingerprint density at radius 2 is 2.40 bits per heavy atom. The lowest BCUT2D eigenvalue weighted by Gasteiger charge is -2.26. The third-order valence-electron chi connectivity index (χ3n) is 2.31. The molecule has 0 bridgehead atoms. The van der Waals surface area contributed by atoms with Crippen LogP contribution in [0.4, 0.5) is 0 Å². The van der Waals surface area contributed by atoms with Gasteiger partial charge in [-0.1, -0.05) is 0 Å². The van der Waals surface area contributed by atoms with Crippen molar-refractivity contribution in [3.8, 4) is 0 Å². The van der Waals surface area contributed by atoms with Crippen molar-refractivity contribution in [3.63, 3.8) is 0 Å². The SMILES string of the molecule is COCCONC(C)CC1COCCN1. The van der Waals surface area contributed by atoms with Crippen LogP contribution < -0.4 is 10.8 Å². The Morgan fingerprint density at radius 1 is 1.53 bits per heavy atom. The average molecular weight is 218 g/mol. The first-order valence-corrected chi connectivity index (χ1v) is 5.50. The number of hydrogen-bond donors (Lipinski definition) is 2. The minimum absolute atomic E-state index is 0.320. The van der Waals surface area contributed by atoms with Crippen molar-refractivity contribution in [1.29, 1.82) is 0 Å². The zero-order valence-corrected chi connectivity index (χ0v) is 9.62. The van der Waals surface area contributed by atoms with Crippen molar-refractivity contribution in [1.82, 2.24) is 10.8 Å². The van der Waals surface area contributed by atoms with E-state index in [-0.39, 0.29) is 0 Å². The number of hydrogen-bond acceptors (Lipinski definition) is 5. The zero-order valence-electron chi connectivity index (χ0n) is 9.62. The smallest absolute Gasteiger partial charge is 0.0915 e. The van der Waals surface area contributed by atoms with Crippen LogP contribution in [0.3, 0.4) is 0 Å². The van der Waals surface area contributed by atoms with Crippen molar-refractivity contribution >= 4 is 0 Å². The summed E-state index contributed by atoms with van der Waals surface area (Å²) in [6.45, 7) is 5.86. The molecule has 1 aliphatic rings. The largest absolute Gasteiger partial charge is 0.382 e. The Balaban J connectivity index is 1.98. The van der Waals surface area contributed by atoms with E-state index < -0.39 is 0 Å². The van der Waals surface area contributed by atoms with E-state index in [2.05, 4.69) is 17.7 Å². The highest BCUT2D eigenvalue weighted by Gasteiger charge is 2.15.